The zero-order valence-corrected chi connectivity index (χ0v) is 26.1. The van der Waals surface area contributed by atoms with E-state index >= 15 is 0 Å². The smallest absolute Gasteiger partial charge is 0.312 e. The van der Waals surface area contributed by atoms with Gasteiger partial charge in [-0.1, -0.05) is 72.8 Å². The van der Waals surface area contributed by atoms with Crippen molar-refractivity contribution >= 4 is 34.2 Å². The van der Waals surface area contributed by atoms with E-state index in [0.717, 1.165) is 29.2 Å². The van der Waals surface area contributed by atoms with E-state index in [2.05, 4.69) is 13.2 Å². The molecule has 8 nitrogen and oxygen atoms in total. The first-order valence-electron chi connectivity index (χ1n) is 16.3. The van der Waals surface area contributed by atoms with E-state index < -0.39 is 41.6 Å². The highest BCUT2D eigenvalue weighted by molar-refractivity contribution is 6.05. The average molecular weight is 623 g/mol. The molecular weight excluding hydrogens is 580 g/mol. The summed E-state index contributed by atoms with van der Waals surface area (Å²) in [7, 11) is 0. The Hall–Kier alpha value is -4.27. The monoisotopic (exact) mass is 622 g/mol. The van der Waals surface area contributed by atoms with E-state index in [1.54, 1.807) is 11.0 Å². The van der Waals surface area contributed by atoms with Crippen LogP contribution in [0, 0.1) is 11.8 Å². The lowest BCUT2D eigenvalue weighted by Crippen LogP contribution is -2.59. The van der Waals surface area contributed by atoms with Crippen LogP contribution in [0.4, 0.5) is 5.69 Å². The molecule has 3 saturated heterocycles. The number of rotatable bonds is 14. The van der Waals surface area contributed by atoms with Crippen LogP contribution in [0.3, 0.4) is 0 Å². The molecule has 0 radical (unpaired) electrons. The molecule has 3 aliphatic heterocycles. The van der Waals surface area contributed by atoms with Crippen molar-refractivity contribution in [1.29, 1.82) is 0 Å². The minimum absolute atomic E-state index is 0.207. The molecule has 2 unspecified atom stereocenters. The van der Waals surface area contributed by atoms with Crippen LogP contribution in [0.1, 0.15) is 37.7 Å². The first-order chi connectivity index (χ1) is 22.4. The Morgan fingerprint density at radius 1 is 1.04 bits per heavy atom. The number of unbranched alkanes of at least 4 members (excludes halogenated alkanes) is 2. The van der Waals surface area contributed by atoms with E-state index in [9.17, 15) is 19.5 Å². The summed E-state index contributed by atoms with van der Waals surface area (Å²) < 4.78 is 12.4. The zero-order chi connectivity index (χ0) is 32.3. The topological polar surface area (TPSA) is 96.4 Å². The Bertz CT molecular complexity index is 1610. The number of aliphatic hydroxyl groups is 1. The second-order valence-corrected chi connectivity index (χ2v) is 12.5. The highest BCUT2D eigenvalue weighted by Gasteiger charge is 2.75. The maximum Gasteiger partial charge on any atom is 0.312 e. The van der Waals surface area contributed by atoms with Crippen molar-refractivity contribution in [3.63, 3.8) is 0 Å². The summed E-state index contributed by atoms with van der Waals surface area (Å²) in [5.41, 5.74) is 0.377. The molecule has 1 N–H and O–H groups in total. The van der Waals surface area contributed by atoms with Gasteiger partial charge < -0.3 is 24.4 Å². The highest BCUT2D eigenvalue weighted by atomic mass is 16.6. The number of amides is 2. The SMILES string of the molecule is C=CCCCCOC(=O)[C@@H]1[C@@H]2CCC3(O2)C(C(=O)N(CC=C)c2ccc4ccccc4c2)N([C@@H](CO)Cc2ccccc2)C(=O)[C@H]13. The molecule has 3 aromatic carbocycles. The van der Waals surface area contributed by atoms with Gasteiger partial charge in [-0.3, -0.25) is 14.4 Å². The van der Waals surface area contributed by atoms with Crippen molar-refractivity contribution < 1.29 is 29.0 Å². The van der Waals surface area contributed by atoms with Gasteiger partial charge in [0.15, 0.2) is 0 Å². The number of ether oxygens (including phenoxy) is 2. The number of fused-ring (bicyclic) bond motifs is 2. The Kier molecular flexibility index (Phi) is 9.38. The van der Waals surface area contributed by atoms with E-state index in [1.807, 2.05) is 78.9 Å². The second-order valence-electron chi connectivity index (χ2n) is 12.5. The molecule has 0 aromatic heterocycles. The minimum Gasteiger partial charge on any atom is -0.465 e. The van der Waals surface area contributed by atoms with E-state index in [0.29, 0.717) is 31.4 Å². The first kappa shape index (κ1) is 31.7. The number of anilines is 1. The molecule has 0 aliphatic carbocycles. The Labute approximate surface area is 270 Å². The van der Waals surface area contributed by atoms with Crippen molar-refractivity contribution in [1.82, 2.24) is 4.90 Å². The summed E-state index contributed by atoms with van der Waals surface area (Å²) in [6, 6.07) is 21.6. The third kappa shape index (κ3) is 5.65. The zero-order valence-electron chi connectivity index (χ0n) is 26.1. The number of allylic oxidation sites excluding steroid dienone is 1. The normalized spacial score (nSPS) is 25.3. The number of benzene rings is 3. The lowest BCUT2D eigenvalue weighted by molar-refractivity contribution is -0.156. The number of nitrogens with zero attached hydrogens (tertiary/aromatic N) is 2. The van der Waals surface area contributed by atoms with Gasteiger partial charge in [-0.05, 0) is 67.0 Å². The molecule has 2 bridgehead atoms. The molecule has 2 amide bonds. The number of likely N-dealkylation sites (tertiary alicyclic amines) is 1. The van der Waals surface area contributed by atoms with Crippen LogP contribution in [-0.4, -0.2) is 71.3 Å². The van der Waals surface area contributed by atoms with Crippen LogP contribution in [0.2, 0.25) is 0 Å². The van der Waals surface area contributed by atoms with Gasteiger partial charge >= 0.3 is 5.97 Å². The summed E-state index contributed by atoms with van der Waals surface area (Å²) in [5, 5.41) is 12.8. The summed E-state index contributed by atoms with van der Waals surface area (Å²) in [4.78, 5) is 46.4. The molecule has 6 rings (SSSR count). The van der Waals surface area contributed by atoms with Crippen LogP contribution in [-0.2, 0) is 30.3 Å². The number of hydrogen-bond donors (Lipinski definition) is 1. The molecule has 3 heterocycles. The standard InChI is InChI=1S/C38H42N2O6/c1-3-5-6-12-22-45-37(44)32-31-19-20-38(46-31)33(32)35(42)40(30(25-41)23-26-13-8-7-9-14-26)34(38)36(43)39(21-4-2)29-18-17-27-15-10-11-16-28(27)24-29/h3-4,7-11,13-18,24,30-34,41H,1-2,5-6,12,19-23,25H2/t30-,31+,32-,33+,34?,38?/m1/s1. The van der Waals surface area contributed by atoms with Gasteiger partial charge in [0, 0.05) is 12.2 Å². The van der Waals surface area contributed by atoms with Gasteiger partial charge in [-0.2, -0.15) is 0 Å². The van der Waals surface area contributed by atoms with Crippen LogP contribution >= 0.6 is 0 Å². The molecule has 46 heavy (non-hydrogen) atoms. The Morgan fingerprint density at radius 3 is 2.54 bits per heavy atom. The highest BCUT2D eigenvalue weighted by Crippen LogP contribution is 2.59. The number of esters is 1. The van der Waals surface area contributed by atoms with Crippen LogP contribution in [0.5, 0.6) is 0 Å². The molecule has 8 heteroatoms. The lowest BCUT2D eigenvalue weighted by Gasteiger charge is -2.39. The van der Waals surface area contributed by atoms with Gasteiger partial charge in [-0.15, -0.1) is 13.2 Å². The van der Waals surface area contributed by atoms with Crippen LogP contribution < -0.4 is 4.90 Å². The summed E-state index contributed by atoms with van der Waals surface area (Å²) in [6.45, 7) is 7.76. The van der Waals surface area contributed by atoms with Crippen molar-refractivity contribution in [3.8, 4) is 0 Å². The predicted molar refractivity (Wildman–Crippen MR) is 177 cm³/mol. The van der Waals surface area contributed by atoms with Crippen molar-refractivity contribution in [2.24, 2.45) is 11.8 Å². The van der Waals surface area contributed by atoms with Crippen molar-refractivity contribution in [3.05, 3.63) is 104 Å². The molecule has 1 spiro atoms. The maximum absolute atomic E-state index is 15.0. The van der Waals surface area contributed by atoms with Gasteiger partial charge in [0.2, 0.25) is 5.91 Å². The fourth-order valence-corrected chi connectivity index (χ4v) is 7.77. The number of hydrogen-bond acceptors (Lipinski definition) is 6. The number of aliphatic hydroxyl groups excluding tert-OH is 1. The molecule has 3 fully saturated rings. The van der Waals surface area contributed by atoms with Crippen LogP contribution in [0.15, 0.2) is 98.1 Å². The van der Waals surface area contributed by atoms with Crippen LogP contribution in [0.25, 0.3) is 10.8 Å². The largest absolute Gasteiger partial charge is 0.465 e. The lowest BCUT2D eigenvalue weighted by atomic mass is 9.70. The quantitative estimate of drug-likeness (QED) is 0.150. The summed E-state index contributed by atoms with van der Waals surface area (Å²) >= 11 is 0. The molecular formula is C38H42N2O6. The molecule has 6 atom stereocenters. The molecule has 3 aromatic rings. The summed E-state index contributed by atoms with van der Waals surface area (Å²) in [5.74, 6) is -2.83. The second kappa shape index (κ2) is 13.6. The predicted octanol–water partition coefficient (Wildman–Crippen LogP) is 5.24. The minimum atomic E-state index is -1.22. The fraction of sp³-hybridized carbons (Fsp3) is 0.395. The number of carbonyl (C=O) groups excluding carboxylic acids is 3. The summed E-state index contributed by atoms with van der Waals surface area (Å²) in [6.07, 6.45) is 6.69. The third-order valence-electron chi connectivity index (χ3n) is 9.83. The van der Waals surface area contributed by atoms with E-state index in [1.165, 1.54) is 4.90 Å². The molecule has 3 aliphatic rings. The molecule has 240 valence electrons. The first-order valence-corrected chi connectivity index (χ1v) is 16.3. The van der Waals surface area contributed by atoms with Gasteiger partial charge in [0.25, 0.3) is 5.91 Å². The molecule has 0 saturated carbocycles. The van der Waals surface area contributed by atoms with Crippen molar-refractivity contribution in [2.75, 3.05) is 24.7 Å². The Morgan fingerprint density at radius 2 is 1.80 bits per heavy atom. The third-order valence-corrected chi connectivity index (χ3v) is 9.83. The van der Waals surface area contributed by atoms with Gasteiger partial charge in [0.1, 0.15) is 11.6 Å². The fourth-order valence-electron chi connectivity index (χ4n) is 7.77. The Balaban J connectivity index is 1.38. The van der Waals surface area contributed by atoms with E-state index in [-0.39, 0.29) is 31.6 Å². The average Bonchev–Trinajstić information content (AvgIpc) is 3.73. The van der Waals surface area contributed by atoms with E-state index in [4.69, 9.17) is 9.47 Å². The van der Waals surface area contributed by atoms with Gasteiger partial charge in [-0.25, -0.2) is 0 Å². The number of carbonyl (C=O) groups is 3. The van der Waals surface area contributed by atoms with Crippen molar-refractivity contribution in [2.45, 2.75) is 62.3 Å². The van der Waals surface area contributed by atoms with Gasteiger partial charge in [0.05, 0.1) is 37.2 Å². The maximum atomic E-state index is 15.0.